The van der Waals surface area contributed by atoms with E-state index in [1.54, 1.807) is 45.6 Å². The lowest BCUT2D eigenvalue weighted by Gasteiger charge is -2.37. The molecule has 1 aromatic rings. The Balaban J connectivity index is 1.98. The Morgan fingerprint density at radius 3 is 2.35 bits per heavy atom. The molecule has 8 heteroatoms. The summed E-state index contributed by atoms with van der Waals surface area (Å²) in [4.78, 5) is 16.9. The van der Waals surface area contributed by atoms with Crippen LogP contribution in [0.25, 0.3) is 0 Å². The number of carbonyl (C=O) groups is 1. The van der Waals surface area contributed by atoms with Crippen LogP contribution in [0.15, 0.2) is 12.1 Å². The number of piperazine rings is 1. The molecule has 0 bridgehead atoms. The first-order valence-corrected chi connectivity index (χ1v) is 10.9. The number of aliphatic hydroxyl groups is 1. The summed E-state index contributed by atoms with van der Waals surface area (Å²) in [6.07, 6.45) is 0. The molecule has 1 aliphatic heterocycles. The zero-order valence-corrected chi connectivity index (χ0v) is 20.0. The number of aryl methyl sites for hydroxylation is 1. The maximum absolute atomic E-state index is 14.7. The third-order valence-electron chi connectivity index (χ3n) is 5.91. The lowest BCUT2D eigenvalue weighted by Crippen LogP contribution is -2.50. The number of hydrogen-bond donors (Lipinski definition) is 1. The average molecular weight is 435 g/mol. The van der Waals surface area contributed by atoms with Crippen LogP contribution in [0.5, 0.6) is 0 Å². The van der Waals surface area contributed by atoms with Crippen molar-refractivity contribution in [2.24, 2.45) is 5.92 Å². The molecule has 0 spiro atoms. The molecule has 6 nitrogen and oxygen atoms in total. The van der Waals surface area contributed by atoms with Gasteiger partial charge in [-0.3, -0.25) is 9.69 Å². The minimum Gasteiger partial charge on any atom is -0.427 e. The minimum absolute atomic E-state index is 0.163. The van der Waals surface area contributed by atoms with Gasteiger partial charge in [-0.15, -0.1) is 0 Å². The van der Waals surface area contributed by atoms with Gasteiger partial charge in [0.25, 0.3) is 5.91 Å². The first-order valence-electron chi connectivity index (χ1n) is 10.9. The standard InChI is InChI=1S/C23H37BFN2O4/c1-16(2)14-30-15-26-8-10-27(11-9-26)21(28)18-13-20(25)19(12-17(18)3)24-31-23(6,7)22(4,5)29/h12-13,16,29H,8-11,14-15H2,1-7H3. The van der Waals surface area contributed by atoms with Crippen LogP contribution in [0.4, 0.5) is 4.39 Å². The molecule has 1 amide bonds. The number of benzene rings is 1. The summed E-state index contributed by atoms with van der Waals surface area (Å²) in [5.74, 6) is -0.197. The van der Waals surface area contributed by atoms with Gasteiger partial charge in [0.15, 0.2) is 0 Å². The molecule has 1 aromatic carbocycles. The highest BCUT2D eigenvalue weighted by molar-refractivity contribution is 6.47. The van der Waals surface area contributed by atoms with Gasteiger partial charge in [-0.2, -0.15) is 0 Å². The molecule has 0 aliphatic carbocycles. The van der Waals surface area contributed by atoms with Crippen molar-refractivity contribution < 1.29 is 23.7 Å². The van der Waals surface area contributed by atoms with Crippen LogP contribution in [0.3, 0.4) is 0 Å². The highest BCUT2D eigenvalue weighted by Crippen LogP contribution is 2.24. The fourth-order valence-electron chi connectivity index (χ4n) is 3.05. The summed E-state index contributed by atoms with van der Waals surface area (Å²) in [5.41, 5.74) is -0.711. The van der Waals surface area contributed by atoms with Gasteiger partial charge in [-0.1, -0.05) is 19.9 Å². The maximum Gasteiger partial charge on any atom is 0.333 e. The van der Waals surface area contributed by atoms with Gasteiger partial charge >= 0.3 is 7.48 Å². The molecule has 1 N–H and O–H groups in total. The van der Waals surface area contributed by atoms with Crippen molar-refractivity contribution >= 4 is 18.9 Å². The molecule has 173 valence electrons. The van der Waals surface area contributed by atoms with Crippen molar-refractivity contribution in [2.45, 2.75) is 59.7 Å². The van der Waals surface area contributed by atoms with Gasteiger partial charge in [0, 0.05) is 31.7 Å². The molecular weight excluding hydrogens is 398 g/mol. The second-order valence-corrected chi connectivity index (χ2v) is 9.80. The molecule has 31 heavy (non-hydrogen) atoms. The second kappa shape index (κ2) is 10.4. The first kappa shape index (κ1) is 25.8. The number of nitrogens with zero attached hydrogens (tertiary/aromatic N) is 2. The topological polar surface area (TPSA) is 62.2 Å². The number of carbonyl (C=O) groups excluding carboxylic acids is 1. The van der Waals surface area contributed by atoms with Gasteiger partial charge in [-0.25, -0.2) is 4.39 Å². The SMILES string of the molecule is Cc1cc([B]OC(C)(C)C(C)(C)O)c(F)cc1C(=O)N1CCN(COCC(C)C)CC1. The lowest BCUT2D eigenvalue weighted by atomic mass is 9.81. The van der Waals surface area contributed by atoms with Gasteiger partial charge in [-0.05, 0) is 57.6 Å². The van der Waals surface area contributed by atoms with Gasteiger partial charge in [0.2, 0.25) is 0 Å². The number of hydrogen-bond acceptors (Lipinski definition) is 5. The first-order chi connectivity index (χ1) is 14.3. The predicted molar refractivity (Wildman–Crippen MR) is 121 cm³/mol. The average Bonchev–Trinajstić information content (AvgIpc) is 2.67. The summed E-state index contributed by atoms with van der Waals surface area (Å²) >= 11 is 0. The Morgan fingerprint density at radius 1 is 1.19 bits per heavy atom. The van der Waals surface area contributed by atoms with Crippen molar-refractivity contribution in [2.75, 3.05) is 39.5 Å². The fourth-order valence-corrected chi connectivity index (χ4v) is 3.05. The van der Waals surface area contributed by atoms with E-state index in [1.807, 2.05) is 0 Å². The molecule has 0 saturated carbocycles. The normalized spacial score (nSPS) is 16.1. The molecule has 1 fully saturated rings. The lowest BCUT2D eigenvalue weighted by molar-refractivity contribution is -0.0893. The zero-order chi connectivity index (χ0) is 23.4. The van der Waals surface area contributed by atoms with E-state index in [9.17, 15) is 14.3 Å². The Labute approximate surface area is 187 Å². The molecule has 0 atom stereocenters. The smallest absolute Gasteiger partial charge is 0.333 e. The molecular formula is C23H37BFN2O4. The van der Waals surface area contributed by atoms with Crippen LogP contribution in [0, 0.1) is 18.7 Å². The quantitative estimate of drug-likeness (QED) is 0.604. The molecule has 1 radical (unpaired) electrons. The molecule has 1 aliphatic rings. The Morgan fingerprint density at radius 2 is 1.81 bits per heavy atom. The largest absolute Gasteiger partial charge is 0.427 e. The van der Waals surface area contributed by atoms with Gasteiger partial charge < -0.3 is 19.4 Å². The number of rotatable bonds is 9. The number of ether oxygens (including phenoxy) is 1. The van der Waals surface area contributed by atoms with Crippen molar-refractivity contribution in [3.63, 3.8) is 0 Å². The summed E-state index contributed by atoms with van der Waals surface area (Å²) in [6, 6.07) is 2.89. The minimum atomic E-state index is -1.10. The second-order valence-electron chi connectivity index (χ2n) is 9.80. The summed E-state index contributed by atoms with van der Waals surface area (Å²) in [5, 5.41) is 10.2. The van der Waals surface area contributed by atoms with E-state index >= 15 is 0 Å². The zero-order valence-electron chi connectivity index (χ0n) is 20.0. The monoisotopic (exact) mass is 435 g/mol. The van der Waals surface area contributed by atoms with Crippen molar-refractivity contribution in [3.05, 3.63) is 29.1 Å². The van der Waals surface area contributed by atoms with Crippen LogP contribution in [0.2, 0.25) is 0 Å². The highest BCUT2D eigenvalue weighted by Gasteiger charge is 2.36. The number of amides is 1. The molecule has 0 aromatic heterocycles. The maximum atomic E-state index is 14.7. The Hall–Kier alpha value is -1.48. The van der Waals surface area contributed by atoms with Crippen molar-refractivity contribution in [1.29, 1.82) is 0 Å². The van der Waals surface area contributed by atoms with Crippen LogP contribution >= 0.6 is 0 Å². The van der Waals surface area contributed by atoms with Gasteiger partial charge in [0.1, 0.15) is 5.82 Å². The van der Waals surface area contributed by atoms with Crippen LogP contribution < -0.4 is 5.46 Å². The third kappa shape index (κ3) is 7.01. The summed E-state index contributed by atoms with van der Waals surface area (Å²) in [7, 11) is 1.31. The van der Waals surface area contributed by atoms with Crippen molar-refractivity contribution in [1.82, 2.24) is 9.80 Å². The van der Waals surface area contributed by atoms with E-state index in [0.717, 1.165) is 19.7 Å². The van der Waals surface area contributed by atoms with Crippen LogP contribution in [-0.4, -0.2) is 79.0 Å². The van der Waals surface area contributed by atoms with Gasteiger partial charge in [0.05, 0.1) is 24.5 Å². The van der Waals surface area contributed by atoms with E-state index in [0.29, 0.717) is 36.9 Å². The molecule has 2 rings (SSSR count). The van der Waals surface area contributed by atoms with E-state index < -0.39 is 17.0 Å². The Kier molecular flexibility index (Phi) is 8.67. The Bertz CT molecular complexity index is 757. The van der Waals surface area contributed by atoms with E-state index in [2.05, 4.69) is 18.7 Å². The summed E-state index contributed by atoms with van der Waals surface area (Å²) < 4.78 is 26.1. The van der Waals surface area contributed by atoms with E-state index in [1.165, 1.54) is 13.5 Å². The third-order valence-corrected chi connectivity index (χ3v) is 5.91. The van der Waals surface area contributed by atoms with E-state index in [-0.39, 0.29) is 11.4 Å². The molecule has 0 unspecified atom stereocenters. The molecule has 1 heterocycles. The predicted octanol–water partition coefficient (Wildman–Crippen LogP) is 2.33. The number of halogens is 1. The van der Waals surface area contributed by atoms with E-state index in [4.69, 9.17) is 9.39 Å². The van der Waals surface area contributed by atoms with Crippen LogP contribution in [0.1, 0.15) is 57.5 Å². The van der Waals surface area contributed by atoms with Crippen LogP contribution in [-0.2, 0) is 9.39 Å². The van der Waals surface area contributed by atoms with Crippen molar-refractivity contribution in [3.8, 4) is 0 Å². The summed E-state index contributed by atoms with van der Waals surface area (Å²) in [6.45, 7) is 16.7. The highest BCUT2D eigenvalue weighted by atomic mass is 19.1. The molecule has 1 saturated heterocycles. The fraction of sp³-hybridized carbons (Fsp3) is 0.696.